The maximum absolute atomic E-state index is 13.4. The Hall–Kier alpha value is -2.44. The minimum atomic E-state index is -1.05. The zero-order chi connectivity index (χ0) is 21.0. The van der Waals surface area contributed by atoms with E-state index in [1.54, 1.807) is 19.1 Å². The molecule has 2 aromatic rings. The Morgan fingerprint density at radius 1 is 1.31 bits per heavy atom. The van der Waals surface area contributed by atoms with Gasteiger partial charge in [-0.2, -0.15) is 0 Å². The molecule has 6 heteroatoms. The van der Waals surface area contributed by atoms with E-state index in [2.05, 4.69) is 19.2 Å². The number of halogens is 1. The van der Waals surface area contributed by atoms with Crippen molar-refractivity contribution >= 4 is 11.6 Å². The van der Waals surface area contributed by atoms with Gasteiger partial charge in [-0.25, -0.2) is 4.39 Å². The quantitative estimate of drug-likeness (QED) is 0.775. The molecule has 0 spiro atoms. The number of piperidine rings is 1. The number of benzene rings is 2. The van der Waals surface area contributed by atoms with E-state index in [9.17, 15) is 14.3 Å². The maximum atomic E-state index is 13.4. The highest BCUT2D eigenvalue weighted by atomic mass is 19.1. The SMILES string of the molecule is CC(C)c1ccc(NC(=O)CN2CC[C@](C)(O)[C@@H](Oc3cccc(F)c3)C2)cc1. The minimum absolute atomic E-state index is 0.117. The molecule has 2 atom stereocenters. The highest BCUT2D eigenvalue weighted by Crippen LogP contribution is 2.27. The van der Waals surface area contributed by atoms with Crippen LogP contribution in [-0.4, -0.2) is 47.3 Å². The van der Waals surface area contributed by atoms with Crippen molar-refractivity contribution in [3.8, 4) is 5.75 Å². The lowest BCUT2D eigenvalue weighted by Crippen LogP contribution is -2.57. The molecular formula is C23H29FN2O3. The van der Waals surface area contributed by atoms with Crippen LogP contribution in [0.15, 0.2) is 48.5 Å². The van der Waals surface area contributed by atoms with Crippen molar-refractivity contribution in [1.82, 2.24) is 4.90 Å². The Kier molecular flexibility index (Phi) is 6.55. The first kappa shape index (κ1) is 21.3. The number of hydrogen-bond acceptors (Lipinski definition) is 4. The van der Waals surface area contributed by atoms with E-state index in [4.69, 9.17) is 4.74 Å². The van der Waals surface area contributed by atoms with Gasteiger partial charge in [0.25, 0.3) is 0 Å². The number of carbonyl (C=O) groups excluding carboxylic acids is 1. The van der Waals surface area contributed by atoms with Crippen LogP contribution in [0.2, 0.25) is 0 Å². The summed E-state index contributed by atoms with van der Waals surface area (Å²) >= 11 is 0. The molecule has 0 bridgehead atoms. The summed E-state index contributed by atoms with van der Waals surface area (Å²) in [5.74, 6) is 0.300. The monoisotopic (exact) mass is 400 g/mol. The van der Waals surface area contributed by atoms with Crippen LogP contribution in [0.1, 0.15) is 38.7 Å². The molecule has 0 saturated carbocycles. The van der Waals surface area contributed by atoms with E-state index < -0.39 is 17.5 Å². The lowest BCUT2D eigenvalue weighted by atomic mass is 9.90. The lowest BCUT2D eigenvalue weighted by Gasteiger charge is -2.42. The van der Waals surface area contributed by atoms with Crippen LogP contribution in [0.25, 0.3) is 0 Å². The summed E-state index contributed by atoms with van der Waals surface area (Å²) in [6.45, 7) is 7.12. The summed E-state index contributed by atoms with van der Waals surface area (Å²) < 4.78 is 19.3. The van der Waals surface area contributed by atoms with Gasteiger partial charge in [0.15, 0.2) is 0 Å². The predicted molar refractivity (Wildman–Crippen MR) is 112 cm³/mol. The van der Waals surface area contributed by atoms with Gasteiger partial charge in [-0.15, -0.1) is 0 Å². The number of nitrogens with one attached hydrogen (secondary N) is 1. The molecule has 1 saturated heterocycles. The molecule has 29 heavy (non-hydrogen) atoms. The smallest absolute Gasteiger partial charge is 0.238 e. The van der Waals surface area contributed by atoms with Crippen LogP contribution in [0.4, 0.5) is 10.1 Å². The van der Waals surface area contributed by atoms with Gasteiger partial charge in [-0.05, 0) is 49.1 Å². The normalized spacial score (nSPS) is 22.5. The van der Waals surface area contributed by atoms with Crippen molar-refractivity contribution in [2.75, 3.05) is 25.0 Å². The molecular weight excluding hydrogens is 371 g/mol. The summed E-state index contributed by atoms with van der Waals surface area (Å²) in [6.07, 6.45) is -0.0974. The Labute approximate surface area is 171 Å². The Morgan fingerprint density at radius 3 is 2.69 bits per heavy atom. The van der Waals surface area contributed by atoms with Crippen LogP contribution >= 0.6 is 0 Å². The van der Waals surface area contributed by atoms with E-state index in [1.165, 1.54) is 17.7 Å². The molecule has 3 rings (SSSR count). The number of amides is 1. The molecule has 1 amide bonds. The molecule has 2 N–H and O–H groups in total. The van der Waals surface area contributed by atoms with Gasteiger partial charge < -0.3 is 15.2 Å². The average molecular weight is 400 g/mol. The number of nitrogens with zero attached hydrogens (tertiary/aromatic N) is 1. The Bertz CT molecular complexity index is 836. The Balaban J connectivity index is 1.58. The van der Waals surface area contributed by atoms with Crippen LogP contribution in [0.3, 0.4) is 0 Å². The van der Waals surface area contributed by atoms with Gasteiger partial charge in [0.2, 0.25) is 5.91 Å². The second-order valence-corrected chi connectivity index (χ2v) is 8.23. The number of ether oxygens (including phenoxy) is 1. The van der Waals surface area contributed by atoms with Gasteiger partial charge in [0, 0.05) is 24.8 Å². The average Bonchev–Trinajstić information content (AvgIpc) is 2.65. The van der Waals surface area contributed by atoms with Crippen molar-refractivity contribution in [1.29, 1.82) is 0 Å². The highest BCUT2D eigenvalue weighted by molar-refractivity contribution is 5.92. The molecule has 1 heterocycles. The number of hydrogen-bond donors (Lipinski definition) is 2. The van der Waals surface area contributed by atoms with Gasteiger partial charge in [0.1, 0.15) is 23.3 Å². The highest BCUT2D eigenvalue weighted by Gasteiger charge is 2.39. The topological polar surface area (TPSA) is 61.8 Å². The third-order valence-electron chi connectivity index (χ3n) is 5.35. The van der Waals surface area contributed by atoms with Crippen molar-refractivity contribution in [3.05, 3.63) is 59.9 Å². The first-order valence-electron chi connectivity index (χ1n) is 10.00. The first-order chi connectivity index (χ1) is 13.7. The van der Waals surface area contributed by atoms with Gasteiger partial charge in [0.05, 0.1) is 6.54 Å². The fourth-order valence-electron chi connectivity index (χ4n) is 3.44. The molecule has 0 aliphatic carbocycles. The zero-order valence-electron chi connectivity index (χ0n) is 17.2. The maximum Gasteiger partial charge on any atom is 0.238 e. The molecule has 0 aromatic heterocycles. The van der Waals surface area contributed by atoms with Crippen molar-refractivity contribution in [2.24, 2.45) is 0 Å². The number of likely N-dealkylation sites (tertiary alicyclic amines) is 1. The molecule has 5 nitrogen and oxygen atoms in total. The number of carbonyl (C=O) groups is 1. The predicted octanol–water partition coefficient (Wildman–Crippen LogP) is 3.79. The fourth-order valence-corrected chi connectivity index (χ4v) is 3.44. The molecule has 0 unspecified atom stereocenters. The van der Waals surface area contributed by atoms with Crippen LogP contribution < -0.4 is 10.1 Å². The van der Waals surface area contributed by atoms with Crippen LogP contribution in [0, 0.1) is 5.82 Å². The first-order valence-corrected chi connectivity index (χ1v) is 10.00. The van der Waals surface area contributed by atoms with Gasteiger partial charge >= 0.3 is 0 Å². The largest absolute Gasteiger partial charge is 0.486 e. The zero-order valence-corrected chi connectivity index (χ0v) is 17.2. The molecule has 0 radical (unpaired) electrons. The second kappa shape index (κ2) is 8.93. The molecule has 1 fully saturated rings. The number of rotatable bonds is 6. The summed E-state index contributed by atoms with van der Waals surface area (Å²) in [5, 5.41) is 13.6. The van der Waals surface area contributed by atoms with Crippen molar-refractivity contribution < 1.29 is 19.0 Å². The van der Waals surface area contributed by atoms with E-state index in [1.807, 2.05) is 29.2 Å². The summed E-state index contributed by atoms with van der Waals surface area (Å²) in [4.78, 5) is 14.4. The third kappa shape index (κ3) is 5.78. The fraction of sp³-hybridized carbons (Fsp3) is 0.435. The van der Waals surface area contributed by atoms with E-state index in [0.29, 0.717) is 31.2 Å². The standard InChI is InChI=1S/C23H29FN2O3/c1-16(2)17-7-9-19(10-8-17)25-22(27)15-26-12-11-23(3,28)21(14-26)29-20-6-4-5-18(24)13-20/h4-10,13,16,21,28H,11-12,14-15H2,1-3H3,(H,25,27)/t21-,23-/m0/s1. The second-order valence-electron chi connectivity index (χ2n) is 8.23. The molecule has 1 aliphatic rings. The summed E-state index contributed by atoms with van der Waals surface area (Å²) in [6, 6.07) is 13.7. The van der Waals surface area contributed by atoms with Gasteiger partial charge in [-0.3, -0.25) is 9.69 Å². The van der Waals surface area contributed by atoms with Crippen molar-refractivity contribution in [3.63, 3.8) is 0 Å². The molecule has 2 aromatic carbocycles. The molecule has 156 valence electrons. The third-order valence-corrected chi connectivity index (χ3v) is 5.35. The number of anilines is 1. The Morgan fingerprint density at radius 2 is 2.03 bits per heavy atom. The van der Waals surface area contributed by atoms with Crippen molar-refractivity contribution in [2.45, 2.75) is 44.8 Å². The summed E-state index contributed by atoms with van der Waals surface area (Å²) in [7, 11) is 0. The van der Waals surface area contributed by atoms with Gasteiger partial charge in [-0.1, -0.05) is 32.0 Å². The van der Waals surface area contributed by atoms with E-state index in [0.717, 1.165) is 5.69 Å². The van der Waals surface area contributed by atoms with E-state index in [-0.39, 0.29) is 12.5 Å². The van der Waals surface area contributed by atoms with Crippen LogP contribution in [0.5, 0.6) is 5.75 Å². The number of aliphatic hydroxyl groups is 1. The lowest BCUT2D eigenvalue weighted by molar-refractivity contribution is -0.122. The van der Waals surface area contributed by atoms with E-state index >= 15 is 0 Å². The summed E-state index contributed by atoms with van der Waals surface area (Å²) in [5.41, 5.74) is 0.931. The molecule has 1 aliphatic heterocycles. The minimum Gasteiger partial charge on any atom is -0.486 e. The van der Waals surface area contributed by atoms with Crippen LogP contribution in [-0.2, 0) is 4.79 Å².